The molecule has 0 aliphatic carbocycles. The highest BCUT2D eigenvalue weighted by Crippen LogP contribution is 2.37. The molecule has 1 aromatic carbocycles. The monoisotopic (exact) mass is 487 g/mol. The van der Waals surface area contributed by atoms with Gasteiger partial charge in [0.25, 0.3) is 5.56 Å². The zero-order valence-corrected chi connectivity index (χ0v) is 20.6. The van der Waals surface area contributed by atoms with Crippen molar-refractivity contribution in [2.24, 2.45) is 0 Å². The second-order valence-corrected chi connectivity index (χ2v) is 10.9. The van der Waals surface area contributed by atoms with Gasteiger partial charge in [-0.2, -0.15) is 0 Å². The van der Waals surface area contributed by atoms with Crippen LogP contribution in [0.5, 0.6) is 5.75 Å². The van der Waals surface area contributed by atoms with Crippen LogP contribution in [0.2, 0.25) is 5.02 Å². The topological polar surface area (TPSA) is 67.6 Å². The van der Waals surface area contributed by atoms with Crippen LogP contribution in [0, 0.1) is 0 Å². The second-order valence-electron chi connectivity index (χ2n) is 9.32. The lowest BCUT2D eigenvalue weighted by Crippen LogP contribution is -2.43. The van der Waals surface area contributed by atoms with Gasteiger partial charge >= 0.3 is 0 Å². The van der Waals surface area contributed by atoms with Gasteiger partial charge in [-0.25, -0.2) is 4.98 Å². The number of hydrogen-bond acceptors (Lipinski definition) is 6. The molecule has 2 aliphatic rings. The third-order valence-electron chi connectivity index (χ3n) is 7.23. The number of fused-ring (bicyclic) bond motifs is 3. The van der Waals surface area contributed by atoms with Gasteiger partial charge in [-0.3, -0.25) is 9.36 Å². The van der Waals surface area contributed by atoms with Crippen LogP contribution in [-0.4, -0.2) is 50.9 Å². The summed E-state index contributed by atoms with van der Waals surface area (Å²) in [6, 6.07) is 8.66. The first-order chi connectivity index (χ1) is 15.9. The number of aliphatic hydroxyl groups is 1. The highest BCUT2D eigenvalue weighted by Gasteiger charge is 2.39. The van der Waals surface area contributed by atoms with Gasteiger partial charge in [-0.1, -0.05) is 18.5 Å². The average Bonchev–Trinajstić information content (AvgIpc) is 3.30. The summed E-state index contributed by atoms with van der Waals surface area (Å²) in [4.78, 5) is 21.2. The maximum atomic E-state index is 13.2. The van der Waals surface area contributed by atoms with Gasteiger partial charge in [0.1, 0.15) is 22.9 Å². The number of thiophene rings is 1. The van der Waals surface area contributed by atoms with Crippen molar-refractivity contribution < 1.29 is 9.84 Å². The number of hydrogen-bond donors (Lipinski definition) is 1. The van der Waals surface area contributed by atoms with Crippen LogP contribution in [0.4, 0.5) is 0 Å². The molecule has 4 heterocycles. The average molecular weight is 488 g/mol. The molecule has 2 saturated heterocycles. The van der Waals surface area contributed by atoms with Crippen molar-refractivity contribution in [3.63, 3.8) is 0 Å². The van der Waals surface area contributed by atoms with Crippen LogP contribution in [-0.2, 0) is 6.42 Å². The molecule has 2 unspecified atom stereocenters. The molecule has 6 nitrogen and oxygen atoms in total. The lowest BCUT2D eigenvalue weighted by Gasteiger charge is -2.36. The summed E-state index contributed by atoms with van der Waals surface area (Å²) < 4.78 is 8.44. The van der Waals surface area contributed by atoms with E-state index in [2.05, 4.69) is 16.9 Å². The summed E-state index contributed by atoms with van der Waals surface area (Å²) in [6.07, 6.45) is 8.14. The Morgan fingerprint density at radius 2 is 2.03 bits per heavy atom. The largest absolute Gasteiger partial charge is 0.489 e. The third-order valence-corrected chi connectivity index (χ3v) is 8.69. The van der Waals surface area contributed by atoms with Crippen molar-refractivity contribution in [2.75, 3.05) is 7.05 Å². The minimum Gasteiger partial charge on any atom is -0.489 e. The fourth-order valence-electron chi connectivity index (χ4n) is 5.15. The van der Waals surface area contributed by atoms with Crippen molar-refractivity contribution in [1.29, 1.82) is 0 Å². The van der Waals surface area contributed by atoms with E-state index in [1.165, 1.54) is 28.7 Å². The first-order valence-electron chi connectivity index (χ1n) is 11.8. The van der Waals surface area contributed by atoms with Crippen LogP contribution in [0.3, 0.4) is 0 Å². The highest BCUT2D eigenvalue weighted by atomic mass is 35.5. The molecule has 0 spiro atoms. The van der Waals surface area contributed by atoms with Crippen LogP contribution in [0.1, 0.15) is 50.3 Å². The van der Waals surface area contributed by atoms with Gasteiger partial charge in [0, 0.05) is 17.0 Å². The Labute approximate surface area is 202 Å². The van der Waals surface area contributed by atoms with E-state index in [0.717, 1.165) is 30.6 Å². The van der Waals surface area contributed by atoms with E-state index in [-0.39, 0.29) is 17.8 Å². The number of ether oxygens (including phenoxy) is 1. The van der Waals surface area contributed by atoms with E-state index < -0.39 is 0 Å². The van der Waals surface area contributed by atoms with Gasteiger partial charge in [-0.05, 0) is 76.3 Å². The first-order valence-corrected chi connectivity index (χ1v) is 13.0. The zero-order valence-electron chi connectivity index (χ0n) is 19.0. The SMILES string of the molecule is CCC(O)CCc1cc2ncn(-c3ccc(OC4C[C@H]5CC[C@@H](C4)N5C)c(Cl)c3)c(=O)c2s1. The summed E-state index contributed by atoms with van der Waals surface area (Å²) in [5.41, 5.74) is 1.26. The van der Waals surface area contributed by atoms with E-state index in [9.17, 15) is 9.90 Å². The predicted molar refractivity (Wildman–Crippen MR) is 133 cm³/mol. The van der Waals surface area contributed by atoms with Crippen LogP contribution in [0.15, 0.2) is 35.4 Å². The Balaban J connectivity index is 1.35. The first kappa shape index (κ1) is 22.8. The molecular weight excluding hydrogens is 458 g/mol. The van der Waals surface area contributed by atoms with Gasteiger partial charge in [0.05, 0.1) is 22.3 Å². The lowest BCUT2D eigenvalue weighted by molar-refractivity contribution is 0.0662. The molecule has 0 radical (unpaired) electrons. The molecule has 176 valence electrons. The third kappa shape index (κ3) is 4.56. The number of aromatic nitrogens is 2. The number of nitrogens with zero attached hydrogens (tertiary/aromatic N) is 3. The molecule has 8 heteroatoms. The fourth-order valence-corrected chi connectivity index (χ4v) is 6.43. The summed E-state index contributed by atoms with van der Waals surface area (Å²) in [5, 5.41) is 10.3. The Morgan fingerprint density at radius 1 is 1.27 bits per heavy atom. The number of halogens is 1. The summed E-state index contributed by atoms with van der Waals surface area (Å²) >= 11 is 8.04. The standard InChI is InChI=1S/C25H30ClN3O3S/c1-3-18(30)7-8-20-13-22-24(33-20)25(31)29(14-27-22)17-6-9-23(21(26)12-17)32-19-10-15-4-5-16(11-19)28(15)2/h6,9,12-16,18-19,30H,3-5,7-8,10-11H2,1-2H3/t15-,16+,18?,19?. The van der Waals surface area contributed by atoms with Crippen molar-refractivity contribution in [3.05, 3.63) is 50.8 Å². The van der Waals surface area contributed by atoms with Crippen LogP contribution in [0.25, 0.3) is 15.9 Å². The maximum Gasteiger partial charge on any atom is 0.275 e. The van der Waals surface area contributed by atoms with E-state index in [0.29, 0.717) is 45.2 Å². The summed E-state index contributed by atoms with van der Waals surface area (Å²) in [6.45, 7) is 1.97. The second kappa shape index (κ2) is 9.37. The lowest BCUT2D eigenvalue weighted by atomic mass is 10.0. The Bertz CT molecular complexity index is 1200. The molecule has 1 N–H and O–H groups in total. The minimum absolute atomic E-state index is 0.107. The van der Waals surface area contributed by atoms with Crippen molar-refractivity contribution in [3.8, 4) is 11.4 Å². The quantitative estimate of drug-likeness (QED) is 0.518. The molecule has 2 bridgehead atoms. The van der Waals surface area contributed by atoms with Crippen molar-refractivity contribution in [2.45, 2.75) is 76.2 Å². The van der Waals surface area contributed by atoms with Crippen molar-refractivity contribution in [1.82, 2.24) is 14.5 Å². The van der Waals surface area contributed by atoms with Gasteiger partial charge < -0.3 is 14.7 Å². The number of piperidine rings is 1. The normalized spacial score (nSPS) is 23.8. The number of aliphatic hydroxyl groups excluding tert-OH is 1. The zero-order chi connectivity index (χ0) is 23.1. The predicted octanol–water partition coefficient (Wildman–Crippen LogP) is 4.81. The summed E-state index contributed by atoms with van der Waals surface area (Å²) in [7, 11) is 2.22. The van der Waals surface area contributed by atoms with E-state index in [1.807, 2.05) is 25.1 Å². The Kier molecular flexibility index (Phi) is 6.49. The number of aryl methyl sites for hydroxylation is 1. The molecule has 5 rings (SSSR count). The molecular formula is C25H30ClN3O3S. The van der Waals surface area contributed by atoms with Gasteiger partial charge in [-0.15, -0.1) is 11.3 Å². The van der Waals surface area contributed by atoms with Gasteiger partial charge in [0.2, 0.25) is 0 Å². The number of rotatable bonds is 7. The van der Waals surface area contributed by atoms with Crippen molar-refractivity contribution >= 4 is 33.2 Å². The molecule has 2 aromatic heterocycles. The van der Waals surface area contributed by atoms with Crippen LogP contribution >= 0.6 is 22.9 Å². The smallest absolute Gasteiger partial charge is 0.275 e. The maximum absolute atomic E-state index is 13.2. The number of benzene rings is 1. The molecule has 3 aromatic rings. The molecule has 2 aliphatic heterocycles. The fraction of sp³-hybridized carbons (Fsp3) is 0.520. The van der Waals surface area contributed by atoms with E-state index >= 15 is 0 Å². The Hall–Kier alpha value is -1.93. The molecule has 0 saturated carbocycles. The minimum atomic E-state index is -0.313. The van der Waals surface area contributed by atoms with Gasteiger partial charge in [0.15, 0.2) is 0 Å². The molecule has 0 amide bonds. The summed E-state index contributed by atoms with van der Waals surface area (Å²) in [5.74, 6) is 0.671. The molecule has 2 fully saturated rings. The van der Waals surface area contributed by atoms with Crippen LogP contribution < -0.4 is 10.3 Å². The molecule has 4 atom stereocenters. The Morgan fingerprint density at radius 3 is 2.73 bits per heavy atom. The van der Waals surface area contributed by atoms with E-state index in [4.69, 9.17) is 16.3 Å². The molecule has 33 heavy (non-hydrogen) atoms. The van der Waals surface area contributed by atoms with E-state index in [1.54, 1.807) is 12.4 Å². The highest BCUT2D eigenvalue weighted by molar-refractivity contribution is 7.18.